The number of nitrogens with zero attached hydrogens (tertiary/aromatic N) is 1. The topological polar surface area (TPSA) is 123 Å². The van der Waals surface area contributed by atoms with E-state index in [2.05, 4.69) is 16.9 Å². The summed E-state index contributed by atoms with van der Waals surface area (Å²) in [6.45, 7) is 1.06. The molecule has 1 aromatic carbocycles. The van der Waals surface area contributed by atoms with Gasteiger partial charge in [-0.25, -0.2) is 4.79 Å². The molecule has 2 aliphatic rings. The number of phenols is 1. The smallest absolute Gasteiger partial charge is 0.349 e. The molecule has 2 aliphatic carbocycles. The first-order chi connectivity index (χ1) is 23.8. The molecule has 0 spiro atoms. The van der Waals surface area contributed by atoms with Gasteiger partial charge in [-0.3, -0.25) is 4.79 Å². The standard InChI is InChI=1S/C39H50N2O6S2/c1-41(37-26-16-17-29(37)32(25-26)47-38(45)39(46,33-14-11-23-48-33)34-15-12-24-49-34)22-10-8-6-4-2-3-5-7-9-13-30(42)27-18-20-31(43)36-28(27)19-21-35(44)40-36/h11-12,14-15,18-21,23-24,26,29-30,32,37,42-43,46H,2-10,13,16-17,22,25H2,1H3,(H,40,44)/t26?,29?,30-,32?,37?/m0/s1. The highest BCUT2D eigenvalue weighted by atomic mass is 32.1. The Kier molecular flexibility index (Phi) is 11.9. The Hall–Kier alpha value is -3.02. The van der Waals surface area contributed by atoms with Crippen molar-refractivity contribution < 1.29 is 24.9 Å². The molecular formula is C39H50N2O6S2. The SMILES string of the molecule is CN(CCCCCCCCCCC[C@H](O)c1ccc(O)c2[nH]c(=O)ccc12)C1C2CCC1C(OC(=O)C(O)(c1cccs1)c1cccs1)C2. The summed E-state index contributed by atoms with van der Waals surface area (Å²) < 4.78 is 6.16. The molecule has 2 bridgehead atoms. The summed E-state index contributed by atoms with van der Waals surface area (Å²) >= 11 is 2.76. The van der Waals surface area contributed by atoms with Crippen molar-refractivity contribution in [1.29, 1.82) is 0 Å². The molecule has 0 amide bonds. The van der Waals surface area contributed by atoms with E-state index in [0.29, 0.717) is 45.0 Å². The Labute approximate surface area is 296 Å². The fourth-order valence-corrected chi connectivity index (χ4v) is 10.1. The van der Waals surface area contributed by atoms with Gasteiger partial charge in [0.25, 0.3) is 0 Å². The number of fused-ring (bicyclic) bond motifs is 3. The van der Waals surface area contributed by atoms with Gasteiger partial charge in [0.2, 0.25) is 11.2 Å². The second kappa shape index (κ2) is 16.3. The summed E-state index contributed by atoms with van der Waals surface area (Å²) in [6.07, 6.45) is 13.5. The molecule has 5 atom stereocenters. The van der Waals surface area contributed by atoms with Crippen LogP contribution in [0, 0.1) is 11.8 Å². The van der Waals surface area contributed by atoms with Crippen LogP contribution in [0.4, 0.5) is 0 Å². The molecule has 49 heavy (non-hydrogen) atoms. The maximum absolute atomic E-state index is 13.6. The van der Waals surface area contributed by atoms with E-state index in [9.17, 15) is 24.9 Å². The Balaban J connectivity index is 0.852. The van der Waals surface area contributed by atoms with E-state index in [1.807, 2.05) is 35.0 Å². The molecular weight excluding hydrogens is 657 g/mol. The van der Waals surface area contributed by atoms with Gasteiger partial charge in [-0.2, -0.15) is 0 Å². The molecule has 6 rings (SSSR count). The maximum atomic E-state index is 13.6. The predicted octanol–water partition coefficient (Wildman–Crippen LogP) is 7.87. The number of H-pyrrole nitrogens is 1. The van der Waals surface area contributed by atoms with E-state index in [0.717, 1.165) is 44.2 Å². The largest absolute Gasteiger partial charge is 0.506 e. The van der Waals surface area contributed by atoms with E-state index in [1.54, 1.807) is 12.1 Å². The van der Waals surface area contributed by atoms with E-state index >= 15 is 0 Å². The lowest BCUT2D eigenvalue weighted by Gasteiger charge is -2.31. The van der Waals surface area contributed by atoms with Crippen LogP contribution in [0.1, 0.15) is 105 Å². The third-order valence-electron chi connectivity index (χ3n) is 10.9. The second-order valence-corrected chi connectivity index (χ2v) is 16.0. The Morgan fingerprint density at radius 1 is 0.939 bits per heavy atom. The number of rotatable bonds is 18. The minimum absolute atomic E-state index is 0.0142. The number of carbonyl (C=O) groups is 1. The van der Waals surface area contributed by atoms with Crippen molar-refractivity contribution in [1.82, 2.24) is 9.88 Å². The lowest BCUT2D eigenvalue weighted by molar-refractivity contribution is -0.170. The maximum Gasteiger partial charge on any atom is 0.349 e. The Morgan fingerprint density at radius 2 is 1.59 bits per heavy atom. The summed E-state index contributed by atoms with van der Waals surface area (Å²) in [4.78, 5) is 31.6. The van der Waals surface area contributed by atoms with E-state index in [1.165, 1.54) is 79.8 Å². The van der Waals surface area contributed by atoms with Crippen LogP contribution in [-0.4, -0.2) is 56.9 Å². The summed E-state index contributed by atoms with van der Waals surface area (Å²) in [7, 11) is 2.23. The molecule has 264 valence electrons. The van der Waals surface area contributed by atoms with Crippen molar-refractivity contribution in [3.8, 4) is 5.75 Å². The second-order valence-electron chi connectivity index (χ2n) is 14.1. The zero-order valence-electron chi connectivity index (χ0n) is 28.4. The zero-order valence-corrected chi connectivity index (χ0v) is 30.0. The van der Waals surface area contributed by atoms with Gasteiger partial charge in [0, 0.05) is 23.4 Å². The number of aromatic hydroxyl groups is 1. The number of aliphatic hydroxyl groups excluding tert-OH is 1. The van der Waals surface area contributed by atoms with E-state index in [-0.39, 0.29) is 17.4 Å². The molecule has 4 N–H and O–H groups in total. The van der Waals surface area contributed by atoms with Crippen LogP contribution in [0.25, 0.3) is 10.9 Å². The van der Waals surface area contributed by atoms with Crippen molar-refractivity contribution in [3.63, 3.8) is 0 Å². The Morgan fingerprint density at radius 3 is 2.24 bits per heavy atom. The van der Waals surface area contributed by atoms with Crippen molar-refractivity contribution >= 4 is 39.5 Å². The summed E-state index contributed by atoms with van der Waals surface area (Å²) in [5, 5.41) is 37.0. The molecule has 3 heterocycles. The first kappa shape index (κ1) is 35.8. The van der Waals surface area contributed by atoms with Crippen molar-refractivity contribution in [3.05, 3.63) is 85.0 Å². The Bertz CT molecular complexity index is 1670. The zero-order chi connectivity index (χ0) is 34.4. The monoisotopic (exact) mass is 706 g/mol. The quantitative estimate of drug-likeness (QED) is 0.0614. The number of hydrogen-bond donors (Lipinski definition) is 4. The molecule has 4 aromatic rings. The van der Waals surface area contributed by atoms with Crippen LogP contribution >= 0.6 is 22.7 Å². The van der Waals surface area contributed by atoms with Crippen LogP contribution in [0.15, 0.2) is 64.1 Å². The van der Waals surface area contributed by atoms with Gasteiger partial charge >= 0.3 is 5.97 Å². The fraction of sp³-hybridized carbons (Fsp3) is 0.538. The van der Waals surface area contributed by atoms with Gasteiger partial charge in [-0.15, -0.1) is 22.7 Å². The average molecular weight is 707 g/mol. The van der Waals surface area contributed by atoms with Gasteiger partial charge in [0.1, 0.15) is 11.9 Å². The first-order valence-electron chi connectivity index (χ1n) is 18.0. The number of pyridine rings is 1. The number of esters is 1. The molecule has 0 aliphatic heterocycles. The van der Waals surface area contributed by atoms with Crippen LogP contribution in [0.5, 0.6) is 5.75 Å². The number of hydrogen-bond acceptors (Lipinski definition) is 9. The molecule has 4 unspecified atom stereocenters. The summed E-state index contributed by atoms with van der Waals surface area (Å²) in [5.41, 5.74) is -0.902. The van der Waals surface area contributed by atoms with Gasteiger partial charge in [0.05, 0.1) is 21.4 Å². The summed E-state index contributed by atoms with van der Waals surface area (Å²) in [6, 6.07) is 14.1. The number of aromatic nitrogens is 1. The number of ether oxygens (including phenoxy) is 1. The molecule has 3 aromatic heterocycles. The van der Waals surface area contributed by atoms with Gasteiger partial charge in [0.15, 0.2) is 0 Å². The number of aliphatic hydroxyl groups is 2. The minimum Gasteiger partial charge on any atom is -0.506 e. The average Bonchev–Trinajstić information content (AvgIpc) is 3.93. The molecule has 0 saturated heterocycles. The van der Waals surface area contributed by atoms with E-state index in [4.69, 9.17) is 4.74 Å². The first-order valence-corrected chi connectivity index (χ1v) is 19.8. The van der Waals surface area contributed by atoms with Crippen LogP contribution < -0.4 is 5.56 Å². The van der Waals surface area contributed by atoms with Crippen molar-refractivity contribution in [2.45, 2.75) is 107 Å². The third kappa shape index (κ3) is 7.99. The molecule has 10 heteroatoms. The predicted molar refractivity (Wildman–Crippen MR) is 196 cm³/mol. The van der Waals surface area contributed by atoms with Crippen molar-refractivity contribution in [2.24, 2.45) is 11.8 Å². The fourth-order valence-electron chi connectivity index (χ4n) is 8.36. The number of unbranched alkanes of at least 4 members (excludes halogenated alkanes) is 8. The minimum atomic E-state index is -1.75. The number of carbonyl (C=O) groups excluding carboxylic acids is 1. The number of thiophene rings is 2. The number of benzene rings is 1. The third-order valence-corrected chi connectivity index (χ3v) is 12.8. The lowest BCUT2D eigenvalue weighted by Crippen LogP contribution is -2.42. The van der Waals surface area contributed by atoms with Gasteiger partial charge in [-0.1, -0.05) is 69.6 Å². The lowest BCUT2D eigenvalue weighted by atomic mass is 9.96. The number of nitrogens with one attached hydrogen (secondary N) is 1. The number of phenolic OH excluding ortho intramolecular Hbond substituents is 1. The summed E-state index contributed by atoms with van der Waals surface area (Å²) in [5.74, 6) is 0.329. The van der Waals surface area contributed by atoms with Crippen LogP contribution in [-0.2, 0) is 15.1 Å². The highest BCUT2D eigenvalue weighted by molar-refractivity contribution is 7.12. The van der Waals surface area contributed by atoms with Gasteiger partial charge < -0.3 is 29.9 Å². The highest BCUT2D eigenvalue weighted by Gasteiger charge is 2.53. The van der Waals surface area contributed by atoms with Crippen molar-refractivity contribution in [2.75, 3.05) is 13.6 Å². The van der Waals surface area contributed by atoms with E-state index < -0.39 is 17.7 Å². The van der Waals surface area contributed by atoms with Gasteiger partial charge in [-0.05, 0) is 92.2 Å². The number of aromatic amines is 1. The highest BCUT2D eigenvalue weighted by Crippen LogP contribution is 2.49. The van der Waals surface area contributed by atoms with Crippen LogP contribution in [0.3, 0.4) is 0 Å². The molecule has 0 radical (unpaired) electrons. The molecule has 2 saturated carbocycles. The molecule has 2 fully saturated rings. The van der Waals surface area contributed by atoms with Crippen LogP contribution in [0.2, 0.25) is 0 Å². The normalized spacial score (nSPS) is 21.1. The molecule has 8 nitrogen and oxygen atoms in total.